The normalized spacial score (nSPS) is 14.5. The molecule has 1 fully saturated rings. The van der Waals surface area contributed by atoms with Crippen LogP contribution in [0.15, 0.2) is 23.2 Å². The van der Waals surface area contributed by atoms with E-state index >= 15 is 0 Å². The molecule has 5 nitrogen and oxygen atoms in total. The van der Waals surface area contributed by atoms with E-state index < -0.39 is 17.8 Å². The minimum Gasteiger partial charge on any atom is -0.354 e. The highest BCUT2D eigenvalue weighted by Gasteiger charge is 2.31. The molecule has 9 heteroatoms. The number of urea groups is 1. The van der Waals surface area contributed by atoms with Crippen LogP contribution in [-0.4, -0.2) is 25.1 Å². The number of alkyl halides is 3. The third kappa shape index (κ3) is 3.53. The smallest absolute Gasteiger partial charge is 0.354 e. The summed E-state index contributed by atoms with van der Waals surface area (Å²) in [4.78, 5) is 15.2. The molecule has 2 amide bonds. The molecule has 1 aliphatic heterocycles. The number of amides is 2. The molecule has 1 aliphatic rings. The van der Waals surface area contributed by atoms with E-state index in [1.165, 1.54) is 0 Å². The molecule has 0 aliphatic carbocycles. The third-order valence-electron chi connectivity index (χ3n) is 2.46. The number of hydrogen-bond donors (Lipinski definition) is 3. The topological polar surface area (TPSA) is 65.5 Å². The highest BCUT2D eigenvalue weighted by Crippen LogP contribution is 2.33. The number of nitrogens with one attached hydrogen (secondary N) is 3. The highest BCUT2D eigenvalue weighted by molar-refractivity contribution is 6.33. The molecule has 108 valence electrons. The average molecular weight is 307 g/mol. The van der Waals surface area contributed by atoms with Gasteiger partial charge in [-0.1, -0.05) is 11.6 Å². The second kappa shape index (κ2) is 5.58. The van der Waals surface area contributed by atoms with Gasteiger partial charge in [0.15, 0.2) is 0 Å². The minimum absolute atomic E-state index is 0.00103. The number of nitrogens with zero attached hydrogens (tertiary/aromatic N) is 1. The lowest BCUT2D eigenvalue weighted by atomic mass is 10.2. The Morgan fingerprint density at radius 2 is 1.95 bits per heavy atom. The second-order valence-corrected chi connectivity index (χ2v) is 4.34. The Labute approximate surface area is 117 Å². The van der Waals surface area contributed by atoms with Gasteiger partial charge in [0.05, 0.1) is 16.3 Å². The first kappa shape index (κ1) is 14.4. The van der Waals surface area contributed by atoms with Gasteiger partial charge in [-0.25, -0.2) is 4.79 Å². The van der Waals surface area contributed by atoms with Crippen LogP contribution in [0, 0.1) is 0 Å². The molecule has 1 aromatic carbocycles. The van der Waals surface area contributed by atoms with E-state index in [0.717, 1.165) is 18.2 Å². The van der Waals surface area contributed by atoms with Crippen LogP contribution in [0.2, 0.25) is 5.02 Å². The van der Waals surface area contributed by atoms with Crippen LogP contribution in [0.1, 0.15) is 5.56 Å². The standard InChI is InChI=1S/C11H10ClF3N4O/c12-7-2-1-6(11(13,14)15)5-8(7)18-10(20)19-9-16-3-4-17-9/h1-2,5H,3-4H2,(H3,16,17,18,19,20). The molecule has 2 rings (SSSR count). The van der Waals surface area contributed by atoms with Gasteiger partial charge in [-0.3, -0.25) is 0 Å². The molecule has 0 bridgehead atoms. The van der Waals surface area contributed by atoms with Crippen LogP contribution >= 0.6 is 11.6 Å². The summed E-state index contributed by atoms with van der Waals surface area (Å²) in [5.74, 6) is 0.269. The van der Waals surface area contributed by atoms with E-state index in [4.69, 9.17) is 11.6 Å². The van der Waals surface area contributed by atoms with Crippen molar-refractivity contribution in [3.63, 3.8) is 0 Å². The average Bonchev–Trinajstić information content (AvgIpc) is 2.83. The van der Waals surface area contributed by atoms with Crippen LogP contribution in [-0.2, 0) is 6.18 Å². The SMILES string of the molecule is O=C(N=C1NCCN1)Nc1cc(C(F)(F)F)ccc1Cl. The van der Waals surface area contributed by atoms with Crippen molar-refractivity contribution >= 4 is 29.3 Å². The van der Waals surface area contributed by atoms with Crippen molar-refractivity contribution in [1.82, 2.24) is 10.6 Å². The quantitative estimate of drug-likeness (QED) is 0.746. The summed E-state index contributed by atoms with van der Waals surface area (Å²) in [5.41, 5.74) is -1.05. The van der Waals surface area contributed by atoms with E-state index in [1.54, 1.807) is 0 Å². The molecule has 0 aromatic heterocycles. The number of aliphatic imine (C=N–C) groups is 1. The lowest BCUT2D eigenvalue weighted by Gasteiger charge is -2.10. The van der Waals surface area contributed by atoms with Gasteiger partial charge in [-0.15, -0.1) is 0 Å². The number of benzene rings is 1. The summed E-state index contributed by atoms with van der Waals surface area (Å²) in [5, 5.41) is 7.79. The zero-order valence-corrected chi connectivity index (χ0v) is 10.8. The van der Waals surface area contributed by atoms with Crippen molar-refractivity contribution in [1.29, 1.82) is 0 Å². The van der Waals surface area contributed by atoms with Gasteiger partial charge in [0.25, 0.3) is 0 Å². The van der Waals surface area contributed by atoms with Gasteiger partial charge < -0.3 is 16.0 Å². The lowest BCUT2D eigenvalue weighted by Crippen LogP contribution is -2.26. The maximum Gasteiger partial charge on any atom is 0.416 e. The summed E-state index contributed by atoms with van der Waals surface area (Å²) in [7, 11) is 0. The van der Waals surface area contributed by atoms with Crippen LogP contribution in [0.5, 0.6) is 0 Å². The molecule has 1 saturated heterocycles. The Hall–Kier alpha value is -1.96. The van der Waals surface area contributed by atoms with Gasteiger partial charge in [0, 0.05) is 13.1 Å². The van der Waals surface area contributed by atoms with Gasteiger partial charge in [-0.05, 0) is 18.2 Å². The van der Waals surface area contributed by atoms with E-state index in [1.807, 2.05) is 0 Å². The zero-order valence-electron chi connectivity index (χ0n) is 10.0. The first-order valence-corrected chi connectivity index (χ1v) is 5.98. The summed E-state index contributed by atoms with van der Waals surface area (Å²) >= 11 is 5.75. The zero-order chi connectivity index (χ0) is 14.8. The van der Waals surface area contributed by atoms with Crippen molar-refractivity contribution in [3.8, 4) is 0 Å². The second-order valence-electron chi connectivity index (χ2n) is 3.94. The Balaban J connectivity index is 2.16. The number of hydrogen-bond acceptors (Lipinski definition) is 1. The molecule has 0 atom stereocenters. The maximum absolute atomic E-state index is 12.6. The Kier molecular flexibility index (Phi) is 4.03. The van der Waals surface area contributed by atoms with Crippen molar-refractivity contribution < 1.29 is 18.0 Å². The largest absolute Gasteiger partial charge is 0.416 e. The summed E-state index contributed by atoms with van der Waals surface area (Å²) in [6.45, 7) is 1.24. The lowest BCUT2D eigenvalue weighted by molar-refractivity contribution is -0.137. The fourth-order valence-electron chi connectivity index (χ4n) is 1.55. The minimum atomic E-state index is -4.51. The van der Waals surface area contributed by atoms with E-state index in [2.05, 4.69) is 20.9 Å². The molecular formula is C11H10ClF3N4O. The molecule has 0 unspecified atom stereocenters. The number of guanidine groups is 1. The maximum atomic E-state index is 12.6. The molecule has 3 N–H and O–H groups in total. The highest BCUT2D eigenvalue weighted by atomic mass is 35.5. The van der Waals surface area contributed by atoms with Crippen LogP contribution in [0.25, 0.3) is 0 Å². The molecule has 0 saturated carbocycles. The molecular weight excluding hydrogens is 297 g/mol. The van der Waals surface area contributed by atoms with Crippen LogP contribution in [0.3, 0.4) is 0 Å². The molecule has 0 radical (unpaired) electrons. The summed E-state index contributed by atoms with van der Waals surface area (Å²) < 4.78 is 37.7. The van der Waals surface area contributed by atoms with E-state index in [0.29, 0.717) is 13.1 Å². The molecule has 1 heterocycles. The Morgan fingerprint density at radius 3 is 2.55 bits per heavy atom. The van der Waals surface area contributed by atoms with Gasteiger partial charge >= 0.3 is 12.2 Å². The number of carbonyl (C=O) groups excluding carboxylic acids is 1. The Bertz CT molecular complexity index is 551. The first-order chi connectivity index (χ1) is 9.36. The van der Waals surface area contributed by atoms with Crippen molar-refractivity contribution in [2.45, 2.75) is 6.18 Å². The number of anilines is 1. The molecule has 20 heavy (non-hydrogen) atoms. The molecule has 1 aromatic rings. The number of halogens is 4. The first-order valence-electron chi connectivity index (χ1n) is 5.60. The fraction of sp³-hybridized carbons (Fsp3) is 0.273. The number of rotatable bonds is 1. The molecule has 0 spiro atoms. The number of carbonyl (C=O) groups is 1. The fourth-order valence-corrected chi connectivity index (χ4v) is 1.71. The van der Waals surface area contributed by atoms with Crippen molar-refractivity contribution in [3.05, 3.63) is 28.8 Å². The van der Waals surface area contributed by atoms with Gasteiger partial charge in [0.2, 0.25) is 5.96 Å². The predicted octanol–water partition coefficient (Wildman–Crippen LogP) is 2.44. The summed E-state index contributed by atoms with van der Waals surface area (Å²) in [6, 6.07) is 1.85. The van der Waals surface area contributed by atoms with Gasteiger partial charge in [-0.2, -0.15) is 18.2 Å². The Morgan fingerprint density at radius 1 is 1.30 bits per heavy atom. The monoisotopic (exact) mass is 306 g/mol. The van der Waals surface area contributed by atoms with Crippen LogP contribution < -0.4 is 16.0 Å². The van der Waals surface area contributed by atoms with E-state index in [9.17, 15) is 18.0 Å². The third-order valence-corrected chi connectivity index (χ3v) is 2.79. The summed E-state index contributed by atoms with van der Waals surface area (Å²) in [6.07, 6.45) is -4.51. The van der Waals surface area contributed by atoms with E-state index in [-0.39, 0.29) is 16.7 Å². The predicted molar refractivity (Wildman–Crippen MR) is 68.9 cm³/mol. The van der Waals surface area contributed by atoms with Crippen LogP contribution in [0.4, 0.5) is 23.7 Å². The van der Waals surface area contributed by atoms with Crippen molar-refractivity contribution in [2.24, 2.45) is 4.99 Å². The van der Waals surface area contributed by atoms with Gasteiger partial charge in [0.1, 0.15) is 0 Å². The van der Waals surface area contributed by atoms with Crippen molar-refractivity contribution in [2.75, 3.05) is 18.4 Å².